The average molecular weight is 301 g/mol. The molecule has 0 bridgehead atoms. The van der Waals surface area contributed by atoms with Crippen LogP contribution in [0.3, 0.4) is 0 Å². The molecule has 1 fully saturated rings. The molecular formula is C14H19F2N2O3+. The minimum atomic E-state index is -2.93. The van der Waals surface area contributed by atoms with E-state index in [1.54, 1.807) is 12.1 Å². The molecule has 1 saturated heterocycles. The SMILES string of the molecule is C[C@@H](C(=O)Nc1ccccc1OC(F)F)[NH+]1CCOCC1. The average Bonchev–Trinajstić information content (AvgIpc) is 2.49. The third kappa shape index (κ3) is 4.37. The van der Waals surface area contributed by atoms with Gasteiger partial charge < -0.3 is 19.7 Å². The number of morpholine rings is 1. The van der Waals surface area contributed by atoms with E-state index in [4.69, 9.17) is 4.74 Å². The van der Waals surface area contributed by atoms with Crippen molar-refractivity contribution in [2.75, 3.05) is 31.6 Å². The van der Waals surface area contributed by atoms with E-state index < -0.39 is 6.61 Å². The van der Waals surface area contributed by atoms with Gasteiger partial charge in [-0.05, 0) is 19.1 Å². The fraction of sp³-hybridized carbons (Fsp3) is 0.500. The Morgan fingerprint density at radius 3 is 2.67 bits per heavy atom. The number of carbonyl (C=O) groups excluding carboxylic acids is 1. The van der Waals surface area contributed by atoms with E-state index in [9.17, 15) is 13.6 Å². The van der Waals surface area contributed by atoms with Gasteiger partial charge in [0.2, 0.25) is 0 Å². The predicted octanol–water partition coefficient (Wildman–Crippen LogP) is 0.530. The van der Waals surface area contributed by atoms with E-state index in [0.29, 0.717) is 13.2 Å². The highest BCUT2D eigenvalue weighted by molar-refractivity contribution is 5.94. The van der Waals surface area contributed by atoms with Crippen LogP contribution in [0.4, 0.5) is 14.5 Å². The van der Waals surface area contributed by atoms with Gasteiger partial charge in [-0.2, -0.15) is 8.78 Å². The number of halogens is 2. The van der Waals surface area contributed by atoms with E-state index in [1.807, 2.05) is 6.92 Å². The molecule has 5 nitrogen and oxygen atoms in total. The third-order valence-corrected chi connectivity index (χ3v) is 3.50. The normalized spacial score (nSPS) is 17.5. The van der Waals surface area contributed by atoms with Gasteiger partial charge in [-0.15, -0.1) is 0 Å². The van der Waals surface area contributed by atoms with Crippen LogP contribution in [0.2, 0.25) is 0 Å². The molecule has 0 spiro atoms. The van der Waals surface area contributed by atoms with Crippen LogP contribution in [-0.4, -0.2) is 44.9 Å². The molecule has 7 heteroatoms. The number of ether oxygens (including phenoxy) is 2. The molecule has 1 aromatic rings. The Balaban J connectivity index is 2.01. The minimum Gasteiger partial charge on any atom is -0.433 e. The molecule has 1 aliphatic heterocycles. The molecular weight excluding hydrogens is 282 g/mol. The molecule has 21 heavy (non-hydrogen) atoms. The van der Waals surface area contributed by atoms with E-state index >= 15 is 0 Å². The summed E-state index contributed by atoms with van der Waals surface area (Å²) in [5.41, 5.74) is 0.252. The van der Waals surface area contributed by atoms with Gasteiger partial charge in [-0.25, -0.2) is 0 Å². The Hall–Kier alpha value is -1.73. The number of benzene rings is 1. The lowest BCUT2D eigenvalue weighted by Crippen LogP contribution is -3.18. The monoisotopic (exact) mass is 301 g/mol. The van der Waals surface area contributed by atoms with Gasteiger partial charge >= 0.3 is 6.61 Å². The summed E-state index contributed by atoms with van der Waals surface area (Å²) in [6, 6.07) is 5.88. The minimum absolute atomic E-state index is 0.0370. The number of para-hydroxylation sites is 2. The van der Waals surface area contributed by atoms with Gasteiger partial charge in [-0.3, -0.25) is 4.79 Å². The predicted molar refractivity (Wildman–Crippen MR) is 72.7 cm³/mol. The summed E-state index contributed by atoms with van der Waals surface area (Å²) in [5.74, 6) is -0.262. The molecule has 0 radical (unpaired) electrons. The van der Waals surface area contributed by atoms with Crippen molar-refractivity contribution in [3.8, 4) is 5.75 Å². The van der Waals surface area contributed by atoms with Gasteiger partial charge in [0.05, 0.1) is 18.9 Å². The molecule has 0 unspecified atom stereocenters. The molecule has 2 N–H and O–H groups in total. The molecule has 2 rings (SSSR count). The first-order valence-corrected chi connectivity index (χ1v) is 6.85. The van der Waals surface area contributed by atoms with Crippen LogP contribution in [0, 0.1) is 0 Å². The second-order valence-electron chi connectivity index (χ2n) is 4.86. The van der Waals surface area contributed by atoms with Crippen LogP contribution in [-0.2, 0) is 9.53 Å². The summed E-state index contributed by atoms with van der Waals surface area (Å²) < 4.78 is 34.3. The lowest BCUT2D eigenvalue weighted by atomic mass is 10.2. The van der Waals surface area contributed by atoms with Crippen molar-refractivity contribution in [3.05, 3.63) is 24.3 Å². The summed E-state index contributed by atoms with van der Waals surface area (Å²) in [6.07, 6.45) is 0. The Labute approximate surface area is 121 Å². The number of rotatable bonds is 5. The molecule has 1 aromatic carbocycles. The Morgan fingerprint density at radius 2 is 2.00 bits per heavy atom. The molecule has 1 heterocycles. The maximum absolute atomic E-state index is 12.3. The zero-order chi connectivity index (χ0) is 15.2. The lowest BCUT2D eigenvalue weighted by molar-refractivity contribution is -0.921. The third-order valence-electron chi connectivity index (χ3n) is 3.50. The Kier molecular flexibility index (Phi) is 5.46. The maximum Gasteiger partial charge on any atom is 0.387 e. The van der Waals surface area contributed by atoms with E-state index in [2.05, 4.69) is 10.1 Å². The molecule has 116 valence electrons. The van der Waals surface area contributed by atoms with Crippen LogP contribution in [0.5, 0.6) is 5.75 Å². The van der Waals surface area contributed by atoms with Crippen molar-refractivity contribution < 1.29 is 27.9 Å². The summed E-state index contributed by atoms with van der Waals surface area (Å²) in [4.78, 5) is 13.4. The first-order valence-electron chi connectivity index (χ1n) is 6.85. The summed E-state index contributed by atoms with van der Waals surface area (Å²) >= 11 is 0. The van der Waals surface area contributed by atoms with Crippen LogP contribution >= 0.6 is 0 Å². The highest BCUT2D eigenvalue weighted by Gasteiger charge is 2.27. The Morgan fingerprint density at radius 1 is 1.33 bits per heavy atom. The Bertz CT molecular complexity index is 479. The van der Waals surface area contributed by atoms with Gasteiger partial charge in [0, 0.05) is 0 Å². The van der Waals surface area contributed by atoms with Crippen LogP contribution < -0.4 is 15.0 Å². The zero-order valence-corrected chi connectivity index (χ0v) is 11.8. The van der Waals surface area contributed by atoms with Crippen LogP contribution in [0.1, 0.15) is 6.92 Å². The second-order valence-corrected chi connectivity index (χ2v) is 4.86. The number of hydrogen-bond donors (Lipinski definition) is 2. The van der Waals surface area contributed by atoms with E-state index in [-0.39, 0.29) is 23.4 Å². The quantitative estimate of drug-likeness (QED) is 0.834. The molecule has 1 aliphatic rings. The molecule has 1 amide bonds. The zero-order valence-electron chi connectivity index (χ0n) is 11.8. The summed E-state index contributed by atoms with van der Waals surface area (Å²) in [6.45, 7) is 1.64. The number of carbonyl (C=O) groups is 1. The number of quaternary nitrogens is 1. The topological polar surface area (TPSA) is 52.0 Å². The highest BCUT2D eigenvalue weighted by Crippen LogP contribution is 2.25. The van der Waals surface area contributed by atoms with Crippen molar-refractivity contribution in [3.63, 3.8) is 0 Å². The molecule has 0 aliphatic carbocycles. The lowest BCUT2D eigenvalue weighted by Gasteiger charge is -2.28. The number of anilines is 1. The van der Waals surface area contributed by atoms with Gasteiger partial charge in [0.15, 0.2) is 6.04 Å². The van der Waals surface area contributed by atoms with Crippen molar-refractivity contribution in [2.45, 2.75) is 19.6 Å². The first kappa shape index (κ1) is 15.7. The summed E-state index contributed by atoms with van der Waals surface area (Å²) in [5, 5.41) is 2.65. The van der Waals surface area contributed by atoms with Gasteiger partial charge in [0.25, 0.3) is 5.91 Å². The van der Waals surface area contributed by atoms with Crippen molar-refractivity contribution >= 4 is 11.6 Å². The fourth-order valence-corrected chi connectivity index (χ4v) is 2.26. The van der Waals surface area contributed by atoms with E-state index in [1.165, 1.54) is 12.1 Å². The smallest absolute Gasteiger partial charge is 0.387 e. The number of hydrogen-bond acceptors (Lipinski definition) is 3. The number of amides is 1. The second kappa shape index (κ2) is 7.33. The van der Waals surface area contributed by atoms with Crippen molar-refractivity contribution in [1.29, 1.82) is 0 Å². The maximum atomic E-state index is 12.3. The van der Waals surface area contributed by atoms with Gasteiger partial charge in [0.1, 0.15) is 18.8 Å². The highest BCUT2D eigenvalue weighted by atomic mass is 19.3. The first-order chi connectivity index (χ1) is 10.1. The standard InChI is InChI=1S/C14H18F2N2O3/c1-10(18-6-8-20-9-7-18)13(19)17-11-4-2-3-5-12(11)21-14(15)16/h2-5,10,14H,6-9H2,1H3,(H,17,19)/p+1/t10-/m0/s1. The van der Waals surface area contributed by atoms with Crippen LogP contribution in [0.25, 0.3) is 0 Å². The van der Waals surface area contributed by atoms with E-state index in [0.717, 1.165) is 18.0 Å². The van der Waals surface area contributed by atoms with Gasteiger partial charge in [-0.1, -0.05) is 12.1 Å². The van der Waals surface area contributed by atoms with Crippen molar-refractivity contribution in [1.82, 2.24) is 0 Å². The number of nitrogens with one attached hydrogen (secondary N) is 2. The molecule has 0 aromatic heterocycles. The fourth-order valence-electron chi connectivity index (χ4n) is 2.26. The summed E-state index contributed by atoms with van der Waals surface area (Å²) in [7, 11) is 0. The van der Waals surface area contributed by atoms with Crippen LogP contribution in [0.15, 0.2) is 24.3 Å². The molecule has 0 saturated carbocycles. The largest absolute Gasteiger partial charge is 0.433 e. The number of alkyl halides is 2. The molecule has 1 atom stereocenters. The van der Waals surface area contributed by atoms with Crippen molar-refractivity contribution in [2.24, 2.45) is 0 Å².